The fourth-order valence-electron chi connectivity index (χ4n) is 2.55. The zero-order valence-corrected chi connectivity index (χ0v) is 16.9. The van der Waals surface area contributed by atoms with Gasteiger partial charge in [-0.2, -0.15) is 8.42 Å². The predicted octanol–water partition coefficient (Wildman–Crippen LogP) is 3.59. The first kappa shape index (κ1) is 19.9. The highest BCUT2D eigenvalue weighted by Crippen LogP contribution is 2.26. The van der Waals surface area contributed by atoms with Crippen molar-refractivity contribution < 1.29 is 21.0 Å². The van der Waals surface area contributed by atoms with E-state index in [0.29, 0.717) is 5.69 Å². The zero-order valence-electron chi connectivity index (χ0n) is 15.3. The van der Waals surface area contributed by atoms with Crippen LogP contribution in [0.15, 0.2) is 88.7 Å². The smallest absolute Gasteiger partial charge is 0.339 e. The second-order valence-corrected chi connectivity index (χ2v) is 9.65. The Bertz CT molecular complexity index is 1170. The van der Waals surface area contributed by atoms with Crippen molar-refractivity contribution in [2.45, 2.75) is 16.7 Å². The summed E-state index contributed by atoms with van der Waals surface area (Å²) >= 11 is 0. The molecule has 0 heterocycles. The monoisotopic (exact) mass is 417 g/mol. The fourth-order valence-corrected chi connectivity index (χ4v) is 4.80. The summed E-state index contributed by atoms with van der Waals surface area (Å²) in [4.78, 5) is 0.222. The number of nitrogens with zero attached hydrogens (tertiary/aromatic N) is 1. The molecular formula is C20H19NO5S2. The molecule has 0 atom stereocenters. The third kappa shape index (κ3) is 4.18. The lowest BCUT2D eigenvalue weighted by Gasteiger charge is -2.19. The molecule has 3 aromatic carbocycles. The molecule has 0 radical (unpaired) electrons. The molecule has 8 heteroatoms. The molecule has 0 unspecified atom stereocenters. The maximum absolute atomic E-state index is 12.7. The third-order valence-corrected chi connectivity index (χ3v) is 7.13. The normalized spacial score (nSPS) is 11.8. The van der Waals surface area contributed by atoms with E-state index < -0.39 is 20.1 Å². The van der Waals surface area contributed by atoms with Gasteiger partial charge in [-0.3, -0.25) is 4.31 Å². The topological polar surface area (TPSA) is 80.8 Å². The van der Waals surface area contributed by atoms with E-state index in [4.69, 9.17) is 4.18 Å². The second kappa shape index (κ2) is 7.65. The maximum Gasteiger partial charge on any atom is 0.339 e. The molecule has 6 nitrogen and oxygen atoms in total. The van der Waals surface area contributed by atoms with E-state index >= 15 is 0 Å². The van der Waals surface area contributed by atoms with Gasteiger partial charge >= 0.3 is 10.1 Å². The Hall–Kier alpha value is -2.84. The minimum atomic E-state index is -3.97. The van der Waals surface area contributed by atoms with Crippen LogP contribution in [0.1, 0.15) is 5.56 Å². The van der Waals surface area contributed by atoms with E-state index in [9.17, 15) is 16.8 Å². The summed E-state index contributed by atoms with van der Waals surface area (Å²) in [5.41, 5.74) is 1.18. The molecule has 0 aliphatic heterocycles. The molecule has 0 aliphatic rings. The van der Waals surface area contributed by atoms with Gasteiger partial charge < -0.3 is 4.18 Å². The van der Waals surface area contributed by atoms with Crippen LogP contribution in [0.3, 0.4) is 0 Å². The number of anilines is 1. The molecule has 3 rings (SSSR count). The van der Waals surface area contributed by atoms with E-state index in [1.165, 1.54) is 55.6 Å². The van der Waals surface area contributed by atoms with E-state index in [1.807, 2.05) is 0 Å². The average Bonchev–Trinajstić information content (AvgIpc) is 2.68. The summed E-state index contributed by atoms with van der Waals surface area (Å²) in [6.07, 6.45) is 0. The van der Waals surface area contributed by atoms with E-state index in [-0.39, 0.29) is 15.5 Å². The van der Waals surface area contributed by atoms with Crippen molar-refractivity contribution in [3.8, 4) is 5.75 Å². The molecule has 0 N–H and O–H groups in total. The van der Waals surface area contributed by atoms with Crippen LogP contribution in [-0.2, 0) is 20.1 Å². The van der Waals surface area contributed by atoms with E-state index in [1.54, 1.807) is 37.3 Å². The summed E-state index contributed by atoms with van der Waals surface area (Å²) in [6, 6.07) is 20.3. The zero-order chi connectivity index (χ0) is 20.4. The van der Waals surface area contributed by atoms with Crippen LogP contribution in [0.5, 0.6) is 5.75 Å². The van der Waals surface area contributed by atoms with Gasteiger partial charge in [0.05, 0.1) is 10.6 Å². The molecule has 0 fully saturated rings. The van der Waals surface area contributed by atoms with Crippen LogP contribution in [-0.4, -0.2) is 23.9 Å². The van der Waals surface area contributed by atoms with Crippen molar-refractivity contribution in [1.29, 1.82) is 0 Å². The first-order valence-electron chi connectivity index (χ1n) is 8.35. The quantitative estimate of drug-likeness (QED) is 0.573. The Balaban J connectivity index is 1.82. The summed E-state index contributed by atoms with van der Waals surface area (Å²) in [5.74, 6) is 0.0933. The summed E-state index contributed by atoms with van der Waals surface area (Å²) in [7, 11) is -6.25. The first-order chi connectivity index (χ1) is 13.2. The molecule has 0 saturated carbocycles. The lowest BCUT2D eigenvalue weighted by molar-refractivity contribution is 0.486. The number of sulfonamides is 1. The highest BCUT2D eigenvalue weighted by Gasteiger charge is 2.21. The van der Waals surface area contributed by atoms with Crippen LogP contribution < -0.4 is 8.49 Å². The number of benzene rings is 3. The van der Waals surface area contributed by atoms with Crippen molar-refractivity contribution in [2.75, 3.05) is 11.4 Å². The van der Waals surface area contributed by atoms with Crippen molar-refractivity contribution in [1.82, 2.24) is 0 Å². The molecular weight excluding hydrogens is 398 g/mol. The van der Waals surface area contributed by atoms with Gasteiger partial charge in [-0.1, -0.05) is 30.3 Å². The van der Waals surface area contributed by atoms with E-state index in [2.05, 4.69) is 0 Å². The minimum Gasteiger partial charge on any atom is -0.379 e. The Morgan fingerprint density at radius 2 is 1.36 bits per heavy atom. The Morgan fingerprint density at radius 1 is 0.750 bits per heavy atom. The Morgan fingerprint density at radius 3 is 1.96 bits per heavy atom. The van der Waals surface area contributed by atoms with Gasteiger partial charge in [0.15, 0.2) is 0 Å². The number of hydrogen-bond donors (Lipinski definition) is 0. The molecule has 28 heavy (non-hydrogen) atoms. The highest BCUT2D eigenvalue weighted by atomic mass is 32.2. The lowest BCUT2D eigenvalue weighted by atomic mass is 10.2. The van der Waals surface area contributed by atoms with Crippen molar-refractivity contribution in [3.63, 3.8) is 0 Å². The first-order valence-corrected chi connectivity index (χ1v) is 11.2. The molecule has 146 valence electrons. The van der Waals surface area contributed by atoms with Crippen molar-refractivity contribution >= 4 is 25.8 Å². The SMILES string of the molecule is Cc1cccc(S(=O)(=O)Oc2ccc(N(C)S(=O)(=O)c3ccccc3)cc2)c1. The molecule has 0 aromatic heterocycles. The van der Waals surface area contributed by atoms with Crippen molar-refractivity contribution in [3.05, 3.63) is 84.4 Å². The highest BCUT2D eigenvalue weighted by molar-refractivity contribution is 7.92. The molecule has 3 aromatic rings. The number of rotatable bonds is 6. The van der Waals surface area contributed by atoms with Gasteiger partial charge in [-0.25, -0.2) is 8.42 Å². The van der Waals surface area contributed by atoms with Gasteiger partial charge in [0, 0.05) is 7.05 Å². The third-order valence-electron chi connectivity index (χ3n) is 4.09. The van der Waals surface area contributed by atoms with Gasteiger partial charge in [0.1, 0.15) is 10.6 Å². The van der Waals surface area contributed by atoms with Gasteiger partial charge in [-0.05, 0) is 61.0 Å². The summed E-state index contributed by atoms with van der Waals surface area (Å²) in [5, 5.41) is 0. The van der Waals surface area contributed by atoms with Gasteiger partial charge in [-0.15, -0.1) is 0 Å². The van der Waals surface area contributed by atoms with Crippen LogP contribution >= 0.6 is 0 Å². The van der Waals surface area contributed by atoms with Gasteiger partial charge in [0.25, 0.3) is 10.0 Å². The summed E-state index contributed by atoms with van der Waals surface area (Å²) < 4.78 is 56.4. The average molecular weight is 418 g/mol. The summed E-state index contributed by atoms with van der Waals surface area (Å²) in [6.45, 7) is 1.79. The number of hydrogen-bond acceptors (Lipinski definition) is 5. The Kier molecular flexibility index (Phi) is 5.44. The van der Waals surface area contributed by atoms with Gasteiger partial charge in [0.2, 0.25) is 0 Å². The van der Waals surface area contributed by atoms with Crippen LogP contribution in [0.2, 0.25) is 0 Å². The van der Waals surface area contributed by atoms with E-state index in [0.717, 1.165) is 9.87 Å². The molecule has 0 spiro atoms. The predicted molar refractivity (Wildman–Crippen MR) is 107 cm³/mol. The van der Waals surface area contributed by atoms with Crippen molar-refractivity contribution in [2.24, 2.45) is 0 Å². The molecule has 0 saturated heterocycles. The van der Waals surface area contributed by atoms with Crippen LogP contribution in [0.4, 0.5) is 5.69 Å². The largest absolute Gasteiger partial charge is 0.379 e. The second-order valence-electron chi connectivity index (χ2n) is 6.13. The standard InChI is InChI=1S/C20H19NO5S2/c1-16-7-6-10-20(15-16)28(24,25)26-18-13-11-17(12-14-18)21(2)27(22,23)19-8-4-3-5-9-19/h3-15H,1-2H3. The molecule has 0 bridgehead atoms. The Labute approximate surface area is 165 Å². The molecule has 0 aliphatic carbocycles. The molecule has 0 amide bonds. The maximum atomic E-state index is 12.7. The van der Waals surface area contributed by atoms with Crippen LogP contribution in [0, 0.1) is 6.92 Å². The lowest BCUT2D eigenvalue weighted by Crippen LogP contribution is -2.26. The van der Waals surface area contributed by atoms with Crippen LogP contribution in [0.25, 0.3) is 0 Å². The number of aryl methyl sites for hydroxylation is 1. The minimum absolute atomic E-state index is 0.0559. The fraction of sp³-hybridized carbons (Fsp3) is 0.100.